The van der Waals surface area contributed by atoms with E-state index >= 15 is 0 Å². The van der Waals surface area contributed by atoms with Crippen LogP contribution >= 0.6 is 0 Å². The highest BCUT2D eigenvalue weighted by Gasteiger charge is 1.89. The van der Waals surface area contributed by atoms with Crippen molar-refractivity contribution in [2.45, 2.75) is 20.3 Å². The van der Waals surface area contributed by atoms with Gasteiger partial charge in [-0.2, -0.15) is 0 Å². The fourth-order valence-electron chi connectivity index (χ4n) is 0.487. The van der Waals surface area contributed by atoms with Crippen LogP contribution in [0.15, 0.2) is 12.3 Å². The van der Waals surface area contributed by atoms with Crippen LogP contribution in [0.3, 0.4) is 0 Å². The van der Waals surface area contributed by atoms with Gasteiger partial charge in [0.05, 0.1) is 6.61 Å². The van der Waals surface area contributed by atoms with Gasteiger partial charge in [0.15, 0.2) is 0 Å². The molecule has 0 N–H and O–H groups in total. The van der Waals surface area contributed by atoms with Gasteiger partial charge in [0.2, 0.25) is 0 Å². The van der Waals surface area contributed by atoms with Gasteiger partial charge < -0.3 is 9.62 Å². The van der Waals surface area contributed by atoms with Crippen LogP contribution in [-0.2, 0) is 24.6 Å². The van der Waals surface area contributed by atoms with Crippen molar-refractivity contribution in [2.75, 3.05) is 19.8 Å². The molecule has 0 aliphatic carbocycles. The molecule has 5 nitrogen and oxygen atoms in total. The van der Waals surface area contributed by atoms with Gasteiger partial charge >= 0.3 is 0 Å². The lowest BCUT2D eigenvalue weighted by Crippen LogP contribution is -2.05. The largest absolute Gasteiger partial charge is 0.379 e. The summed E-state index contributed by atoms with van der Waals surface area (Å²) in [5.74, 6) is 0. The van der Waals surface area contributed by atoms with E-state index in [-0.39, 0.29) is 0 Å². The van der Waals surface area contributed by atoms with Crippen LogP contribution in [0.4, 0.5) is 0 Å². The summed E-state index contributed by atoms with van der Waals surface area (Å²) in [4.78, 5) is 8.86. The van der Waals surface area contributed by atoms with Crippen LogP contribution in [0.1, 0.15) is 20.3 Å². The summed E-state index contributed by atoms with van der Waals surface area (Å²) in [5, 5.41) is 8.28. The molecular weight excluding hydrogens is 176 g/mol. The number of rotatable bonds is 9. The highest BCUT2D eigenvalue weighted by Crippen LogP contribution is 1.86. The second kappa shape index (κ2) is 11.4. The first-order valence-electron chi connectivity index (χ1n) is 4.22. The minimum atomic E-state index is 0.305. The van der Waals surface area contributed by atoms with Gasteiger partial charge in [0.25, 0.3) is 0 Å². The Labute approximate surface area is 78.0 Å². The van der Waals surface area contributed by atoms with Crippen LogP contribution in [0.2, 0.25) is 0 Å². The first-order valence-corrected chi connectivity index (χ1v) is 4.22. The van der Waals surface area contributed by atoms with Crippen LogP contribution in [0.25, 0.3) is 0 Å². The molecule has 0 spiro atoms. The van der Waals surface area contributed by atoms with Crippen LogP contribution in [0, 0.1) is 0 Å². The number of hydrogen-bond acceptors (Lipinski definition) is 5. The molecule has 0 radical (unpaired) electrons. The van der Waals surface area contributed by atoms with E-state index in [2.05, 4.69) is 19.9 Å². The molecule has 0 fully saturated rings. The quantitative estimate of drug-likeness (QED) is 0.241. The monoisotopic (exact) mass is 192 g/mol. The van der Waals surface area contributed by atoms with Crippen molar-refractivity contribution in [1.82, 2.24) is 0 Å². The molecule has 5 heteroatoms. The zero-order chi connectivity index (χ0) is 9.78. The predicted octanol–water partition coefficient (Wildman–Crippen LogP) is 1.76. The maximum absolute atomic E-state index is 5.10. The molecule has 0 saturated carbocycles. The molecule has 78 valence electrons. The van der Waals surface area contributed by atoms with E-state index in [0.717, 1.165) is 13.0 Å². The van der Waals surface area contributed by atoms with Gasteiger partial charge in [-0.05, 0) is 24.5 Å². The average molecular weight is 192 g/mol. The first kappa shape index (κ1) is 12.4. The molecule has 0 aliphatic heterocycles. The SMILES string of the molecule is CC=COOOOCCOCCC. The molecule has 0 unspecified atom stereocenters. The third-order valence-electron chi connectivity index (χ3n) is 0.966. The smallest absolute Gasteiger partial charge is 0.128 e. The van der Waals surface area contributed by atoms with Gasteiger partial charge in [0.1, 0.15) is 12.9 Å². The number of ether oxygens (including phenoxy) is 1. The summed E-state index contributed by atoms with van der Waals surface area (Å²) in [7, 11) is 0. The Bertz CT molecular complexity index is 115. The maximum atomic E-state index is 5.10. The third-order valence-corrected chi connectivity index (χ3v) is 0.966. The van der Waals surface area contributed by atoms with Crippen molar-refractivity contribution in [3.63, 3.8) is 0 Å². The topological polar surface area (TPSA) is 46.2 Å². The minimum Gasteiger partial charge on any atom is -0.379 e. The Kier molecular flexibility index (Phi) is 10.8. The Morgan fingerprint density at radius 1 is 1.08 bits per heavy atom. The standard InChI is InChI=1S/C8H16O5/c1-3-5-9-7-8-11-13-12-10-6-4-2/h4,6H,3,5,7-8H2,1-2H3. The van der Waals surface area contributed by atoms with E-state index in [1.54, 1.807) is 13.0 Å². The fourth-order valence-corrected chi connectivity index (χ4v) is 0.487. The highest BCUT2D eigenvalue weighted by molar-refractivity contribution is 4.62. The van der Waals surface area contributed by atoms with Crippen molar-refractivity contribution in [2.24, 2.45) is 0 Å². The van der Waals surface area contributed by atoms with E-state index in [0.29, 0.717) is 13.2 Å². The highest BCUT2D eigenvalue weighted by atomic mass is 17.7. The van der Waals surface area contributed by atoms with Crippen molar-refractivity contribution in [3.8, 4) is 0 Å². The fraction of sp³-hybridized carbons (Fsp3) is 0.750. The molecule has 0 amide bonds. The van der Waals surface area contributed by atoms with Gasteiger partial charge in [-0.1, -0.05) is 6.92 Å². The Morgan fingerprint density at radius 3 is 2.62 bits per heavy atom. The molecule has 0 aromatic carbocycles. The second-order valence-corrected chi connectivity index (χ2v) is 2.14. The molecule has 0 aliphatic rings. The number of allylic oxidation sites excluding steroid dienone is 1. The van der Waals surface area contributed by atoms with Gasteiger partial charge in [-0.25, -0.2) is 4.89 Å². The summed E-state index contributed by atoms with van der Waals surface area (Å²) in [6.45, 7) is 5.31. The van der Waals surface area contributed by atoms with E-state index < -0.39 is 0 Å². The zero-order valence-electron chi connectivity index (χ0n) is 8.02. The summed E-state index contributed by atoms with van der Waals surface area (Å²) in [6, 6.07) is 0. The van der Waals surface area contributed by atoms with Crippen molar-refractivity contribution < 1.29 is 24.6 Å². The summed E-state index contributed by atoms with van der Waals surface area (Å²) in [5.41, 5.74) is 0. The van der Waals surface area contributed by atoms with E-state index in [4.69, 9.17) is 4.74 Å². The van der Waals surface area contributed by atoms with Gasteiger partial charge in [-0.15, -0.1) is 0 Å². The van der Waals surface area contributed by atoms with E-state index in [1.807, 2.05) is 6.92 Å². The lowest BCUT2D eigenvalue weighted by molar-refractivity contribution is -0.621. The maximum Gasteiger partial charge on any atom is 0.128 e. The van der Waals surface area contributed by atoms with Crippen LogP contribution < -0.4 is 0 Å². The van der Waals surface area contributed by atoms with Crippen molar-refractivity contribution >= 4 is 0 Å². The predicted molar refractivity (Wildman–Crippen MR) is 45.1 cm³/mol. The molecule has 0 heterocycles. The first-order chi connectivity index (χ1) is 6.41. The minimum absolute atomic E-state index is 0.305. The molecule has 0 aromatic rings. The third kappa shape index (κ3) is 11.4. The summed E-state index contributed by atoms with van der Waals surface area (Å²) >= 11 is 0. The molecule has 0 bridgehead atoms. The Balaban J connectivity index is 2.83. The van der Waals surface area contributed by atoms with E-state index in [9.17, 15) is 0 Å². The lowest BCUT2D eigenvalue weighted by atomic mass is 10.5. The van der Waals surface area contributed by atoms with Gasteiger partial charge in [0, 0.05) is 11.6 Å². The van der Waals surface area contributed by atoms with E-state index in [1.165, 1.54) is 6.26 Å². The summed E-state index contributed by atoms with van der Waals surface area (Å²) in [6.07, 6.45) is 3.95. The lowest BCUT2D eigenvalue weighted by Gasteiger charge is -2.01. The Hall–Kier alpha value is -0.620. The van der Waals surface area contributed by atoms with Crippen LogP contribution in [0.5, 0.6) is 0 Å². The average Bonchev–Trinajstić information content (AvgIpc) is 2.16. The molecule has 0 rings (SSSR count). The second-order valence-electron chi connectivity index (χ2n) is 2.14. The molecule has 13 heavy (non-hydrogen) atoms. The molecular formula is C8H16O5. The molecule has 0 saturated heterocycles. The molecule has 0 aromatic heterocycles. The van der Waals surface area contributed by atoms with Crippen LogP contribution in [-0.4, -0.2) is 19.8 Å². The number of hydrogen-bond donors (Lipinski definition) is 0. The van der Waals surface area contributed by atoms with Crippen molar-refractivity contribution in [3.05, 3.63) is 12.3 Å². The van der Waals surface area contributed by atoms with Crippen molar-refractivity contribution in [1.29, 1.82) is 0 Å². The summed E-state index contributed by atoms with van der Waals surface area (Å²) < 4.78 is 5.10. The van der Waals surface area contributed by atoms with Gasteiger partial charge in [-0.3, -0.25) is 0 Å². The Morgan fingerprint density at radius 2 is 1.92 bits per heavy atom. The zero-order valence-corrected chi connectivity index (χ0v) is 8.02. The normalized spacial score (nSPS) is 10.9. The molecule has 0 atom stereocenters.